The van der Waals surface area contributed by atoms with E-state index in [-0.39, 0.29) is 0 Å². The highest BCUT2D eigenvalue weighted by molar-refractivity contribution is 7.91. The fraction of sp³-hybridized carbons (Fsp3) is 0.500. The molecule has 0 saturated carbocycles. The summed E-state index contributed by atoms with van der Waals surface area (Å²) in [5, 5.41) is 19.0. The van der Waals surface area contributed by atoms with Gasteiger partial charge in [-0.1, -0.05) is 0 Å². The maximum absolute atomic E-state index is 12.9. The SMILES string of the molecule is O=C(O)[C@@H]1CN(S(=O)(=O)c2ccc([N+](=O)[O-])s2)C[C@H]1C(F)(F)F. The summed E-state index contributed by atoms with van der Waals surface area (Å²) in [6.45, 7) is -1.87. The van der Waals surface area contributed by atoms with Gasteiger partial charge >= 0.3 is 17.1 Å². The first-order valence-electron chi connectivity index (χ1n) is 5.98. The van der Waals surface area contributed by atoms with Gasteiger partial charge in [0.05, 0.1) is 16.8 Å². The molecule has 2 heterocycles. The topological polar surface area (TPSA) is 118 Å². The monoisotopic (exact) mass is 374 g/mol. The molecular weight excluding hydrogens is 365 g/mol. The average molecular weight is 374 g/mol. The number of thiophene rings is 1. The minimum absolute atomic E-state index is 0.296. The molecule has 128 valence electrons. The molecule has 8 nitrogen and oxygen atoms in total. The first-order chi connectivity index (χ1) is 10.4. The number of alkyl halides is 3. The molecule has 23 heavy (non-hydrogen) atoms. The van der Waals surface area contributed by atoms with E-state index < -0.39 is 61.2 Å². The molecule has 13 heteroatoms. The number of rotatable bonds is 4. The number of hydrogen-bond donors (Lipinski definition) is 1. The van der Waals surface area contributed by atoms with Crippen molar-refractivity contribution in [2.75, 3.05) is 13.1 Å². The molecule has 0 aromatic carbocycles. The second-order valence-electron chi connectivity index (χ2n) is 4.76. The molecule has 1 aromatic heterocycles. The van der Waals surface area contributed by atoms with Gasteiger partial charge in [0.25, 0.3) is 10.0 Å². The lowest BCUT2D eigenvalue weighted by atomic mass is 9.96. The van der Waals surface area contributed by atoms with Gasteiger partial charge in [-0.25, -0.2) is 8.42 Å². The zero-order valence-corrected chi connectivity index (χ0v) is 12.7. The highest BCUT2D eigenvalue weighted by atomic mass is 32.2. The largest absolute Gasteiger partial charge is 0.481 e. The molecule has 1 aromatic rings. The first kappa shape index (κ1) is 17.6. The Labute approximate surface area is 131 Å². The predicted octanol–water partition coefficient (Wildman–Crippen LogP) is 1.54. The number of nitro groups is 1. The Morgan fingerprint density at radius 2 is 2.00 bits per heavy atom. The molecule has 0 aliphatic carbocycles. The molecule has 1 aliphatic heterocycles. The van der Waals surface area contributed by atoms with Crippen LogP contribution >= 0.6 is 11.3 Å². The summed E-state index contributed by atoms with van der Waals surface area (Å²) < 4.78 is 63.0. The molecular formula is C10H9F3N2O6S2. The van der Waals surface area contributed by atoms with Crippen LogP contribution in [0.2, 0.25) is 0 Å². The number of halogens is 3. The summed E-state index contributed by atoms with van der Waals surface area (Å²) in [7, 11) is -4.43. The summed E-state index contributed by atoms with van der Waals surface area (Å²) >= 11 is 0.296. The smallest absolute Gasteiger partial charge is 0.393 e. The van der Waals surface area contributed by atoms with Gasteiger partial charge in [-0.3, -0.25) is 14.9 Å². The number of carbonyl (C=O) groups is 1. The normalized spacial score (nSPS) is 23.1. The van der Waals surface area contributed by atoms with Crippen LogP contribution < -0.4 is 0 Å². The maximum atomic E-state index is 12.9. The molecule has 0 spiro atoms. The van der Waals surface area contributed by atoms with Crippen LogP contribution in [0.5, 0.6) is 0 Å². The van der Waals surface area contributed by atoms with Gasteiger partial charge in [0, 0.05) is 19.2 Å². The van der Waals surface area contributed by atoms with E-state index in [1.165, 1.54) is 0 Å². The Balaban J connectivity index is 2.33. The minimum atomic E-state index is -4.87. The van der Waals surface area contributed by atoms with Crippen molar-refractivity contribution in [2.24, 2.45) is 11.8 Å². The van der Waals surface area contributed by atoms with Crippen LogP contribution in [0.15, 0.2) is 16.3 Å². The number of aliphatic carboxylic acids is 1. The summed E-state index contributed by atoms with van der Waals surface area (Å²) in [6, 6.07) is 1.83. The van der Waals surface area contributed by atoms with Crippen molar-refractivity contribution >= 4 is 32.3 Å². The minimum Gasteiger partial charge on any atom is -0.481 e. The van der Waals surface area contributed by atoms with E-state index in [0.29, 0.717) is 15.6 Å². The average Bonchev–Trinajstić information content (AvgIpc) is 3.06. The number of sulfonamides is 1. The van der Waals surface area contributed by atoms with Crippen LogP contribution in [0.1, 0.15) is 0 Å². The second kappa shape index (κ2) is 5.72. The van der Waals surface area contributed by atoms with E-state index in [2.05, 4.69) is 0 Å². The summed E-state index contributed by atoms with van der Waals surface area (Å²) in [4.78, 5) is 20.7. The molecule has 0 amide bonds. The Morgan fingerprint density at radius 1 is 1.39 bits per heavy atom. The van der Waals surface area contributed by atoms with E-state index in [9.17, 15) is 36.5 Å². The van der Waals surface area contributed by atoms with Crippen molar-refractivity contribution < 1.29 is 36.4 Å². The lowest BCUT2D eigenvalue weighted by Gasteiger charge is -2.18. The fourth-order valence-electron chi connectivity index (χ4n) is 2.22. The van der Waals surface area contributed by atoms with Gasteiger partial charge in [-0.15, -0.1) is 0 Å². The molecule has 0 bridgehead atoms. The van der Waals surface area contributed by atoms with Gasteiger partial charge in [0.1, 0.15) is 4.21 Å². The third kappa shape index (κ3) is 3.30. The summed E-state index contributed by atoms with van der Waals surface area (Å²) in [6.07, 6.45) is -4.87. The zero-order valence-electron chi connectivity index (χ0n) is 11.1. The molecule has 0 unspecified atom stereocenters. The summed E-state index contributed by atoms with van der Waals surface area (Å²) in [5.74, 6) is -5.99. The fourth-order valence-corrected chi connectivity index (χ4v) is 4.97. The zero-order chi connectivity index (χ0) is 17.6. The molecule has 0 radical (unpaired) electrons. The van der Waals surface area contributed by atoms with Gasteiger partial charge in [0.15, 0.2) is 0 Å². The van der Waals surface area contributed by atoms with Gasteiger partial charge < -0.3 is 5.11 Å². The van der Waals surface area contributed by atoms with Crippen molar-refractivity contribution in [1.82, 2.24) is 4.31 Å². The van der Waals surface area contributed by atoms with Crippen LogP contribution in [0, 0.1) is 22.0 Å². The maximum Gasteiger partial charge on any atom is 0.393 e. The third-order valence-electron chi connectivity index (χ3n) is 3.37. The lowest BCUT2D eigenvalue weighted by Crippen LogP contribution is -2.34. The number of carboxylic acid groups (broad SMARTS) is 1. The predicted molar refractivity (Wildman–Crippen MR) is 70.4 cm³/mol. The first-order valence-corrected chi connectivity index (χ1v) is 8.24. The third-order valence-corrected chi connectivity index (χ3v) is 6.70. The van der Waals surface area contributed by atoms with Crippen molar-refractivity contribution in [1.29, 1.82) is 0 Å². The Hall–Kier alpha value is -1.73. The van der Waals surface area contributed by atoms with Gasteiger partial charge in [-0.05, 0) is 17.4 Å². The van der Waals surface area contributed by atoms with Crippen molar-refractivity contribution in [2.45, 2.75) is 10.4 Å². The van der Waals surface area contributed by atoms with Crippen LogP contribution in [0.4, 0.5) is 18.2 Å². The van der Waals surface area contributed by atoms with Crippen LogP contribution in [0.25, 0.3) is 0 Å². The van der Waals surface area contributed by atoms with E-state index >= 15 is 0 Å². The van der Waals surface area contributed by atoms with E-state index in [1.54, 1.807) is 0 Å². The number of carboxylic acids is 1. The Kier molecular flexibility index (Phi) is 4.38. The van der Waals surface area contributed by atoms with E-state index in [1.807, 2.05) is 0 Å². The van der Waals surface area contributed by atoms with Crippen LogP contribution in [-0.2, 0) is 14.8 Å². The van der Waals surface area contributed by atoms with E-state index in [4.69, 9.17) is 5.11 Å². The molecule has 1 aliphatic rings. The van der Waals surface area contributed by atoms with Crippen molar-refractivity contribution in [3.8, 4) is 0 Å². The second-order valence-corrected chi connectivity index (χ2v) is 7.99. The van der Waals surface area contributed by atoms with Crippen molar-refractivity contribution in [3.05, 3.63) is 22.2 Å². The number of hydrogen-bond acceptors (Lipinski definition) is 6. The van der Waals surface area contributed by atoms with E-state index in [0.717, 1.165) is 12.1 Å². The van der Waals surface area contributed by atoms with Crippen molar-refractivity contribution in [3.63, 3.8) is 0 Å². The molecule has 2 rings (SSSR count). The Bertz CT molecular complexity index is 744. The molecule has 1 N–H and O–H groups in total. The van der Waals surface area contributed by atoms with Crippen LogP contribution in [0.3, 0.4) is 0 Å². The highest BCUT2D eigenvalue weighted by Crippen LogP contribution is 2.40. The van der Waals surface area contributed by atoms with Gasteiger partial charge in [0.2, 0.25) is 0 Å². The molecule has 2 atom stereocenters. The number of nitrogens with zero attached hydrogens (tertiary/aromatic N) is 2. The lowest BCUT2D eigenvalue weighted by molar-refractivity contribution is -0.380. The quantitative estimate of drug-likeness (QED) is 0.631. The standard InChI is InChI=1S/C10H9F3N2O6S2/c11-10(12,13)6-4-14(3-5(6)9(16)17)23(20,21)8-2-1-7(22-8)15(18)19/h1-2,5-6H,3-4H2,(H,16,17)/t5-,6-/m1/s1. The van der Waals surface area contributed by atoms with Gasteiger partial charge in [-0.2, -0.15) is 17.5 Å². The highest BCUT2D eigenvalue weighted by Gasteiger charge is 2.55. The molecule has 1 fully saturated rings. The summed E-state index contributed by atoms with van der Waals surface area (Å²) in [5.41, 5.74) is 0. The Morgan fingerprint density at radius 3 is 2.39 bits per heavy atom. The van der Waals surface area contributed by atoms with Crippen LogP contribution in [-0.4, -0.2) is 48.0 Å². The molecule has 1 saturated heterocycles.